The van der Waals surface area contributed by atoms with Gasteiger partial charge in [0.25, 0.3) is 0 Å². The second-order valence-corrected chi connectivity index (χ2v) is 6.25. The third-order valence-electron chi connectivity index (χ3n) is 4.72. The molecule has 2 aliphatic rings. The molecule has 1 aliphatic heterocycles. The standard InChI is InChI=1S/C17H23NO3/c1-11-6-7-13(10-12(11)2)21-17(19)14-4-3-5-15-16(14)20-9-8-18-15/h3-5,11-13,18H,6-10H2,1-2H3. The first kappa shape index (κ1) is 14.2. The summed E-state index contributed by atoms with van der Waals surface area (Å²) in [6.07, 6.45) is 3.09. The Balaban J connectivity index is 1.71. The normalized spacial score (nSPS) is 28.0. The van der Waals surface area contributed by atoms with Gasteiger partial charge < -0.3 is 14.8 Å². The van der Waals surface area contributed by atoms with E-state index in [0.29, 0.717) is 23.8 Å². The van der Waals surface area contributed by atoms with Crippen LogP contribution in [-0.4, -0.2) is 25.2 Å². The van der Waals surface area contributed by atoms with Gasteiger partial charge in [0, 0.05) is 6.54 Å². The predicted molar refractivity (Wildman–Crippen MR) is 81.8 cm³/mol. The van der Waals surface area contributed by atoms with Crippen LogP contribution in [0.1, 0.15) is 43.5 Å². The van der Waals surface area contributed by atoms with E-state index in [1.807, 2.05) is 12.1 Å². The highest BCUT2D eigenvalue weighted by Crippen LogP contribution is 2.34. The van der Waals surface area contributed by atoms with Gasteiger partial charge in [-0.3, -0.25) is 0 Å². The number of anilines is 1. The zero-order chi connectivity index (χ0) is 14.8. The van der Waals surface area contributed by atoms with Crippen LogP contribution in [0.5, 0.6) is 5.75 Å². The summed E-state index contributed by atoms with van der Waals surface area (Å²) in [5, 5.41) is 3.24. The average Bonchev–Trinajstić information content (AvgIpc) is 2.50. The number of ether oxygens (including phenoxy) is 2. The third-order valence-corrected chi connectivity index (χ3v) is 4.72. The van der Waals surface area contributed by atoms with Crippen LogP contribution in [0.3, 0.4) is 0 Å². The van der Waals surface area contributed by atoms with Crippen molar-refractivity contribution in [2.24, 2.45) is 11.8 Å². The van der Waals surface area contributed by atoms with Gasteiger partial charge in [-0.2, -0.15) is 0 Å². The van der Waals surface area contributed by atoms with Crippen LogP contribution in [0.2, 0.25) is 0 Å². The molecule has 3 unspecified atom stereocenters. The van der Waals surface area contributed by atoms with Crippen LogP contribution in [0, 0.1) is 11.8 Å². The highest BCUT2D eigenvalue weighted by molar-refractivity contribution is 5.95. The van der Waals surface area contributed by atoms with Gasteiger partial charge in [-0.1, -0.05) is 19.9 Å². The Bertz CT molecular complexity index is 529. The molecular weight excluding hydrogens is 266 g/mol. The molecule has 0 radical (unpaired) electrons. The van der Waals surface area contributed by atoms with Crippen molar-refractivity contribution in [1.29, 1.82) is 0 Å². The summed E-state index contributed by atoms with van der Waals surface area (Å²) in [6.45, 7) is 5.86. The number of carbonyl (C=O) groups is 1. The van der Waals surface area contributed by atoms with E-state index in [4.69, 9.17) is 9.47 Å². The lowest BCUT2D eigenvalue weighted by molar-refractivity contribution is 0.00844. The van der Waals surface area contributed by atoms with Gasteiger partial charge in [0.2, 0.25) is 0 Å². The summed E-state index contributed by atoms with van der Waals surface area (Å²) in [5.74, 6) is 1.70. The van der Waals surface area contributed by atoms with Crippen molar-refractivity contribution in [3.63, 3.8) is 0 Å². The molecule has 114 valence electrons. The second-order valence-electron chi connectivity index (χ2n) is 6.25. The lowest BCUT2D eigenvalue weighted by atomic mass is 9.80. The first-order chi connectivity index (χ1) is 10.1. The molecule has 1 N–H and O–H groups in total. The van der Waals surface area contributed by atoms with Gasteiger partial charge in [-0.05, 0) is 43.2 Å². The molecule has 0 spiro atoms. The Hall–Kier alpha value is -1.71. The fourth-order valence-electron chi connectivity index (χ4n) is 3.15. The van der Waals surface area contributed by atoms with Crippen LogP contribution < -0.4 is 10.1 Å². The monoisotopic (exact) mass is 289 g/mol. The number of para-hydroxylation sites is 1. The van der Waals surface area contributed by atoms with Crippen LogP contribution in [0.15, 0.2) is 18.2 Å². The minimum atomic E-state index is -0.262. The lowest BCUT2D eigenvalue weighted by Gasteiger charge is -2.31. The Labute approximate surface area is 125 Å². The molecular formula is C17H23NO3. The highest BCUT2D eigenvalue weighted by atomic mass is 16.5. The number of rotatable bonds is 2. The van der Waals surface area contributed by atoms with Gasteiger partial charge in [0.05, 0.1) is 5.69 Å². The number of esters is 1. The number of nitrogens with one attached hydrogen (secondary N) is 1. The molecule has 1 saturated carbocycles. The van der Waals surface area contributed by atoms with Crippen molar-refractivity contribution in [2.45, 2.75) is 39.2 Å². The molecule has 0 aromatic heterocycles. The maximum Gasteiger partial charge on any atom is 0.342 e. The first-order valence-corrected chi connectivity index (χ1v) is 7.86. The summed E-state index contributed by atoms with van der Waals surface area (Å²) < 4.78 is 11.4. The molecule has 0 amide bonds. The maximum absolute atomic E-state index is 12.4. The Morgan fingerprint density at radius 3 is 2.95 bits per heavy atom. The zero-order valence-corrected chi connectivity index (χ0v) is 12.7. The van der Waals surface area contributed by atoms with Gasteiger partial charge in [-0.15, -0.1) is 0 Å². The van der Waals surface area contributed by atoms with Gasteiger partial charge >= 0.3 is 5.97 Å². The van der Waals surface area contributed by atoms with Crippen molar-refractivity contribution in [3.8, 4) is 5.75 Å². The van der Waals surface area contributed by atoms with E-state index >= 15 is 0 Å². The Morgan fingerprint density at radius 1 is 1.29 bits per heavy atom. The zero-order valence-electron chi connectivity index (χ0n) is 12.7. The minimum absolute atomic E-state index is 0.0381. The average molecular weight is 289 g/mol. The van der Waals surface area contributed by atoms with Crippen LogP contribution in [0.25, 0.3) is 0 Å². The largest absolute Gasteiger partial charge is 0.489 e. The first-order valence-electron chi connectivity index (χ1n) is 7.86. The number of benzene rings is 1. The topological polar surface area (TPSA) is 47.6 Å². The van der Waals surface area contributed by atoms with Crippen LogP contribution >= 0.6 is 0 Å². The third kappa shape index (κ3) is 2.99. The molecule has 3 atom stereocenters. The molecule has 3 rings (SSSR count). The van der Waals surface area contributed by atoms with E-state index in [1.165, 1.54) is 0 Å². The van der Waals surface area contributed by atoms with Crippen molar-refractivity contribution in [2.75, 3.05) is 18.5 Å². The summed E-state index contributed by atoms with van der Waals surface area (Å²) in [4.78, 5) is 12.4. The minimum Gasteiger partial charge on any atom is -0.489 e. The molecule has 21 heavy (non-hydrogen) atoms. The molecule has 1 heterocycles. The van der Waals surface area contributed by atoms with E-state index in [-0.39, 0.29) is 12.1 Å². The quantitative estimate of drug-likeness (QED) is 0.847. The number of hydrogen-bond acceptors (Lipinski definition) is 4. The Kier molecular flexibility index (Phi) is 4.04. The SMILES string of the molecule is CC1CCC(OC(=O)c2cccc3c2OCCN3)CC1C. The van der Waals surface area contributed by atoms with E-state index in [9.17, 15) is 4.79 Å². The fraction of sp³-hybridized carbons (Fsp3) is 0.588. The van der Waals surface area contributed by atoms with Crippen molar-refractivity contribution >= 4 is 11.7 Å². The summed E-state index contributed by atoms with van der Waals surface area (Å²) in [5.41, 5.74) is 1.41. The van der Waals surface area contributed by atoms with Gasteiger partial charge in [0.1, 0.15) is 18.3 Å². The van der Waals surface area contributed by atoms with E-state index in [2.05, 4.69) is 19.2 Å². The lowest BCUT2D eigenvalue weighted by Crippen LogP contribution is -2.29. The van der Waals surface area contributed by atoms with Crippen molar-refractivity contribution < 1.29 is 14.3 Å². The van der Waals surface area contributed by atoms with E-state index < -0.39 is 0 Å². The molecule has 4 heteroatoms. The second kappa shape index (κ2) is 5.96. The molecule has 0 bridgehead atoms. The molecule has 1 fully saturated rings. The highest BCUT2D eigenvalue weighted by Gasteiger charge is 2.28. The fourth-order valence-corrected chi connectivity index (χ4v) is 3.15. The summed E-state index contributed by atoms with van der Waals surface area (Å²) in [6, 6.07) is 5.57. The number of hydrogen-bond donors (Lipinski definition) is 1. The Morgan fingerprint density at radius 2 is 2.14 bits per heavy atom. The van der Waals surface area contributed by atoms with E-state index in [0.717, 1.165) is 37.4 Å². The molecule has 1 aromatic rings. The smallest absolute Gasteiger partial charge is 0.342 e. The number of fused-ring (bicyclic) bond motifs is 1. The van der Waals surface area contributed by atoms with Crippen molar-refractivity contribution in [1.82, 2.24) is 0 Å². The molecule has 1 aromatic carbocycles. The molecule has 4 nitrogen and oxygen atoms in total. The molecule has 1 aliphatic carbocycles. The maximum atomic E-state index is 12.4. The van der Waals surface area contributed by atoms with Gasteiger partial charge in [0.15, 0.2) is 5.75 Å². The summed E-state index contributed by atoms with van der Waals surface area (Å²) in [7, 11) is 0. The van der Waals surface area contributed by atoms with Crippen molar-refractivity contribution in [3.05, 3.63) is 23.8 Å². The van der Waals surface area contributed by atoms with Gasteiger partial charge in [-0.25, -0.2) is 4.79 Å². The summed E-state index contributed by atoms with van der Waals surface area (Å²) >= 11 is 0. The molecule has 0 saturated heterocycles. The van der Waals surface area contributed by atoms with E-state index in [1.54, 1.807) is 6.07 Å². The van der Waals surface area contributed by atoms with Crippen LogP contribution in [-0.2, 0) is 4.74 Å². The number of carbonyl (C=O) groups excluding carboxylic acids is 1. The predicted octanol–water partition coefficient (Wildman–Crippen LogP) is 3.47. The van der Waals surface area contributed by atoms with Crippen LogP contribution in [0.4, 0.5) is 5.69 Å².